The zero-order valence-electron chi connectivity index (χ0n) is 17.1. The summed E-state index contributed by atoms with van der Waals surface area (Å²) in [5.74, 6) is 1.35. The first kappa shape index (κ1) is 20.5. The molecule has 0 heterocycles. The average molecular weight is 389 g/mol. The maximum absolute atomic E-state index is 13.0. The third kappa shape index (κ3) is 5.17. The van der Waals surface area contributed by atoms with Crippen LogP contribution in [0.15, 0.2) is 72.8 Å². The number of hydrogen-bond donors (Lipinski definition) is 1. The molecule has 1 atom stereocenters. The number of rotatable bonds is 8. The van der Waals surface area contributed by atoms with E-state index in [1.807, 2.05) is 67.6 Å². The van der Waals surface area contributed by atoms with Crippen molar-refractivity contribution in [3.63, 3.8) is 0 Å². The van der Waals surface area contributed by atoms with Crippen LogP contribution < -0.4 is 14.8 Å². The summed E-state index contributed by atoms with van der Waals surface area (Å²) in [7, 11) is 3.25. The van der Waals surface area contributed by atoms with Gasteiger partial charge in [0.25, 0.3) is 5.91 Å². The summed E-state index contributed by atoms with van der Waals surface area (Å²) in [6.45, 7) is 1.95. The standard InChI is InChI=1S/C25H27NO3/c1-18(23-17-21(28-2)15-16-24(23)29-3)26-25(27)22-12-8-7-11-20(22)14-13-19-9-5-4-6-10-19/h4-12,15-18H,13-14H2,1-3H3,(H,26,27). The molecule has 150 valence electrons. The minimum atomic E-state index is -0.227. The molecule has 0 saturated carbocycles. The van der Waals surface area contributed by atoms with Crippen LogP contribution in [0.2, 0.25) is 0 Å². The minimum absolute atomic E-state index is 0.0916. The SMILES string of the molecule is COc1ccc(OC)c(C(C)NC(=O)c2ccccc2CCc2ccccc2)c1. The van der Waals surface area contributed by atoms with Crippen LogP contribution in [0.3, 0.4) is 0 Å². The van der Waals surface area contributed by atoms with E-state index < -0.39 is 0 Å². The Morgan fingerprint density at radius 1 is 0.897 bits per heavy atom. The van der Waals surface area contributed by atoms with Crippen molar-refractivity contribution in [1.29, 1.82) is 0 Å². The Morgan fingerprint density at radius 3 is 2.34 bits per heavy atom. The molecule has 0 radical (unpaired) electrons. The lowest BCUT2D eigenvalue weighted by Gasteiger charge is -2.19. The number of hydrogen-bond acceptors (Lipinski definition) is 3. The smallest absolute Gasteiger partial charge is 0.252 e. The number of carbonyl (C=O) groups excluding carboxylic acids is 1. The number of aryl methyl sites for hydroxylation is 2. The van der Waals surface area contributed by atoms with Crippen molar-refractivity contribution < 1.29 is 14.3 Å². The van der Waals surface area contributed by atoms with Gasteiger partial charge in [-0.25, -0.2) is 0 Å². The first-order chi connectivity index (χ1) is 14.1. The molecule has 3 aromatic rings. The van der Waals surface area contributed by atoms with Gasteiger partial charge in [0, 0.05) is 11.1 Å². The third-order valence-corrected chi connectivity index (χ3v) is 5.04. The summed E-state index contributed by atoms with van der Waals surface area (Å²) >= 11 is 0. The molecular formula is C25H27NO3. The van der Waals surface area contributed by atoms with Crippen LogP contribution in [0, 0.1) is 0 Å². The molecule has 0 spiro atoms. The Balaban J connectivity index is 1.76. The summed E-state index contributed by atoms with van der Waals surface area (Å²) in [5, 5.41) is 3.10. The van der Waals surface area contributed by atoms with Crippen molar-refractivity contribution in [3.8, 4) is 11.5 Å². The van der Waals surface area contributed by atoms with Crippen LogP contribution in [-0.4, -0.2) is 20.1 Å². The zero-order chi connectivity index (χ0) is 20.6. The van der Waals surface area contributed by atoms with Crippen LogP contribution in [0.5, 0.6) is 11.5 Å². The fourth-order valence-electron chi connectivity index (χ4n) is 3.41. The van der Waals surface area contributed by atoms with Gasteiger partial charge < -0.3 is 14.8 Å². The quantitative estimate of drug-likeness (QED) is 0.591. The molecule has 4 nitrogen and oxygen atoms in total. The molecule has 4 heteroatoms. The molecule has 1 unspecified atom stereocenters. The minimum Gasteiger partial charge on any atom is -0.497 e. The van der Waals surface area contributed by atoms with E-state index >= 15 is 0 Å². The number of methoxy groups -OCH3 is 2. The molecule has 0 aliphatic carbocycles. The van der Waals surface area contributed by atoms with E-state index in [9.17, 15) is 4.79 Å². The number of ether oxygens (including phenoxy) is 2. The van der Waals surface area contributed by atoms with Gasteiger partial charge in [0.2, 0.25) is 0 Å². The summed E-state index contributed by atoms with van der Waals surface area (Å²) in [6, 6.07) is 23.5. The Labute approximate surface area is 172 Å². The highest BCUT2D eigenvalue weighted by atomic mass is 16.5. The summed E-state index contributed by atoms with van der Waals surface area (Å²) in [6.07, 6.45) is 1.70. The van der Waals surface area contributed by atoms with Crippen LogP contribution in [0.25, 0.3) is 0 Å². The normalized spacial score (nSPS) is 11.6. The third-order valence-electron chi connectivity index (χ3n) is 5.04. The second-order valence-electron chi connectivity index (χ2n) is 6.95. The highest BCUT2D eigenvalue weighted by Crippen LogP contribution is 2.29. The summed E-state index contributed by atoms with van der Waals surface area (Å²) in [5.41, 5.74) is 3.88. The van der Waals surface area contributed by atoms with Crippen molar-refractivity contribution in [2.45, 2.75) is 25.8 Å². The molecule has 0 aliphatic rings. The maximum atomic E-state index is 13.0. The van der Waals surface area contributed by atoms with Gasteiger partial charge in [-0.05, 0) is 55.2 Å². The highest BCUT2D eigenvalue weighted by Gasteiger charge is 2.18. The van der Waals surface area contributed by atoms with E-state index in [-0.39, 0.29) is 11.9 Å². The predicted molar refractivity (Wildman–Crippen MR) is 116 cm³/mol. The number of amides is 1. The first-order valence-corrected chi connectivity index (χ1v) is 9.77. The van der Waals surface area contributed by atoms with Gasteiger partial charge in [-0.1, -0.05) is 48.5 Å². The van der Waals surface area contributed by atoms with E-state index in [4.69, 9.17) is 9.47 Å². The molecule has 0 aromatic heterocycles. The lowest BCUT2D eigenvalue weighted by atomic mass is 9.98. The highest BCUT2D eigenvalue weighted by molar-refractivity contribution is 5.96. The van der Waals surface area contributed by atoms with E-state index in [1.165, 1.54) is 5.56 Å². The summed E-state index contributed by atoms with van der Waals surface area (Å²) < 4.78 is 10.8. The van der Waals surface area contributed by atoms with Crippen molar-refractivity contribution in [2.24, 2.45) is 0 Å². The zero-order valence-corrected chi connectivity index (χ0v) is 17.1. The monoisotopic (exact) mass is 389 g/mol. The lowest BCUT2D eigenvalue weighted by molar-refractivity contribution is 0.0938. The van der Waals surface area contributed by atoms with Crippen molar-refractivity contribution in [1.82, 2.24) is 5.32 Å². The Bertz CT molecular complexity index is 953. The fraction of sp³-hybridized carbons (Fsp3) is 0.240. The van der Waals surface area contributed by atoms with Crippen LogP contribution in [0.1, 0.15) is 40.0 Å². The Hall–Kier alpha value is -3.27. The van der Waals surface area contributed by atoms with Gasteiger partial charge in [-0.15, -0.1) is 0 Å². The molecule has 0 saturated heterocycles. The largest absolute Gasteiger partial charge is 0.497 e. The van der Waals surface area contributed by atoms with Gasteiger partial charge >= 0.3 is 0 Å². The lowest BCUT2D eigenvalue weighted by Crippen LogP contribution is -2.28. The van der Waals surface area contributed by atoms with Gasteiger partial charge in [0.05, 0.1) is 20.3 Å². The maximum Gasteiger partial charge on any atom is 0.252 e. The molecule has 0 fully saturated rings. The molecule has 29 heavy (non-hydrogen) atoms. The number of benzene rings is 3. The van der Waals surface area contributed by atoms with Crippen LogP contribution >= 0.6 is 0 Å². The van der Waals surface area contributed by atoms with E-state index in [0.717, 1.165) is 35.5 Å². The van der Waals surface area contributed by atoms with E-state index in [2.05, 4.69) is 17.4 Å². The second-order valence-corrected chi connectivity index (χ2v) is 6.95. The first-order valence-electron chi connectivity index (χ1n) is 9.77. The van der Waals surface area contributed by atoms with Gasteiger partial charge in [0.1, 0.15) is 11.5 Å². The van der Waals surface area contributed by atoms with Crippen LogP contribution in [0.4, 0.5) is 0 Å². The van der Waals surface area contributed by atoms with E-state index in [0.29, 0.717) is 5.56 Å². The van der Waals surface area contributed by atoms with Gasteiger partial charge in [0.15, 0.2) is 0 Å². The fourth-order valence-corrected chi connectivity index (χ4v) is 3.41. The number of carbonyl (C=O) groups is 1. The van der Waals surface area contributed by atoms with Crippen molar-refractivity contribution in [2.75, 3.05) is 14.2 Å². The molecule has 3 aromatic carbocycles. The topological polar surface area (TPSA) is 47.6 Å². The molecular weight excluding hydrogens is 362 g/mol. The second kappa shape index (κ2) is 9.78. The number of nitrogens with one attached hydrogen (secondary N) is 1. The van der Waals surface area contributed by atoms with Crippen LogP contribution in [-0.2, 0) is 12.8 Å². The molecule has 1 amide bonds. The predicted octanol–water partition coefficient (Wildman–Crippen LogP) is 4.98. The Kier molecular flexibility index (Phi) is 6.90. The molecule has 1 N–H and O–H groups in total. The van der Waals surface area contributed by atoms with Crippen molar-refractivity contribution >= 4 is 5.91 Å². The molecule has 0 aliphatic heterocycles. The average Bonchev–Trinajstić information content (AvgIpc) is 2.78. The van der Waals surface area contributed by atoms with Gasteiger partial charge in [-0.2, -0.15) is 0 Å². The Morgan fingerprint density at radius 2 is 1.62 bits per heavy atom. The van der Waals surface area contributed by atoms with Crippen molar-refractivity contribution in [3.05, 3.63) is 95.1 Å². The molecule has 0 bridgehead atoms. The van der Waals surface area contributed by atoms with E-state index in [1.54, 1.807) is 14.2 Å². The van der Waals surface area contributed by atoms with Gasteiger partial charge in [-0.3, -0.25) is 4.79 Å². The summed E-state index contributed by atoms with van der Waals surface area (Å²) in [4.78, 5) is 13.0. The molecule has 3 rings (SSSR count).